The Morgan fingerprint density at radius 1 is 1.33 bits per heavy atom. The van der Waals surface area contributed by atoms with Crippen LogP contribution in [0.15, 0.2) is 30.6 Å². The van der Waals surface area contributed by atoms with Gasteiger partial charge in [-0.15, -0.1) is 12.4 Å². The number of H-pyrrole nitrogens is 1. The molecule has 2 heterocycles. The van der Waals surface area contributed by atoms with Crippen LogP contribution in [-0.2, 0) is 0 Å². The molecule has 0 aliphatic carbocycles. The van der Waals surface area contributed by atoms with Gasteiger partial charge < -0.3 is 10.3 Å². The number of nitrogens with zero attached hydrogens (tertiary/aromatic N) is 2. The summed E-state index contributed by atoms with van der Waals surface area (Å²) in [4.78, 5) is 24.0. The molecule has 3 rings (SSSR count). The summed E-state index contributed by atoms with van der Waals surface area (Å²) >= 11 is 0. The minimum absolute atomic E-state index is 0. The Morgan fingerprint density at radius 3 is 2.95 bits per heavy atom. The van der Waals surface area contributed by atoms with Gasteiger partial charge in [0, 0.05) is 11.9 Å². The SMILES string of the molecule is CCCCNC(=O)c1nc2ccccc2c2[nH]cnc12.Cl. The average Bonchev–Trinajstić information content (AvgIpc) is 2.96. The highest BCUT2D eigenvalue weighted by Crippen LogP contribution is 2.23. The highest BCUT2D eigenvalue weighted by molar-refractivity contribution is 6.11. The van der Waals surface area contributed by atoms with E-state index in [2.05, 4.69) is 27.2 Å². The van der Waals surface area contributed by atoms with Crippen molar-refractivity contribution in [3.05, 3.63) is 36.3 Å². The lowest BCUT2D eigenvalue weighted by Gasteiger charge is -2.06. The molecule has 0 aliphatic rings. The van der Waals surface area contributed by atoms with Crippen LogP contribution in [0.5, 0.6) is 0 Å². The Hall–Kier alpha value is -2.14. The number of fused-ring (bicyclic) bond motifs is 3. The van der Waals surface area contributed by atoms with Crippen LogP contribution < -0.4 is 5.32 Å². The molecule has 0 bridgehead atoms. The summed E-state index contributed by atoms with van der Waals surface area (Å²) < 4.78 is 0. The fourth-order valence-corrected chi connectivity index (χ4v) is 2.26. The lowest BCUT2D eigenvalue weighted by molar-refractivity contribution is 0.0950. The van der Waals surface area contributed by atoms with Crippen LogP contribution in [0.2, 0.25) is 0 Å². The first-order valence-electron chi connectivity index (χ1n) is 6.81. The summed E-state index contributed by atoms with van der Waals surface area (Å²) in [5.74, 6) is -0.165. The maximum absolute atomic E-state index is 12.2. The van der Waals surface area contributed by atoms with Crippen molar-refractivity contribution in [1.82, 2.24) is 20.3 Å². The van der Waals surface area contributed by atoms with E-state index in [9.17, 15) is 4.79 Å². The maximum atomic E-state index is 12.2. The molecule has 3 aromatic rings. The van der Waals surface area contributed by atoms with Crippen LogP contribution in [0.4, 0.5) is 0 Å². The normalized spacial score (nSPS) is 10.5. The summed E-state index contributed by atoms with van der Waals surface area (Å²) in [5.41, 5.74) is 2.66. The fraction of sp³-hybridized carbons (Fsp3) is 0.267. The first-order valence-corrected chi connectivity index (χ1v) is 6.81. The Bertz CT molecular complexity index is 769. The number of para-hydroxylation sites is 1. The summed E-state index contributed by atoms with van der Waals surface area (Å²) in [6.45, 7) is 2.75. The zero-order chi connectivity index (χ0) is 13.9. The van der Waals surface area contributed by atoms with Crippen molar-refractivity contribution in [3.63, 3.8) is 0 Å². The molecule has 2 aromatic heterocycles. The number of hydrogen-bond acceptors (Lipinski definition) is 3. The predicted molar refractivity (Wildman–Crippen MR) is 85.9 cm³/mol. The van der Waals surface area contributed by atoms with E-state index in [0.29, 0.717) is 17.8 Å². The van der Waals surface area contributed by atoms with Gasteiger partial charge in [-0.3, -0.25) is 4.79 Å². The quantitative estimate of drug-likeness (QED) is 0.728. The van der Waals surface area contributed by atoms with Crippen LogP contribution in [0.25, 0.3) is 21.9 Å². The van der Waals surface area contributed by atoms with E-state index < -0.39 is 0 Å². The van der Waals surface area contributed by atoms with Crippen molar-refractivity contribution in [2.45, 2.75) is 19.8 Å². The number of aromatic nitrogens is 3. The Morgan fingerprint density at radius 2 is 2.14 bits per heavy atom. The molecule has 1 amide bonds. The number of imidazole rings is 1. The molecule has 110 valence electrons. The number of hydrogen-bond donors (Lipinski definition) is 2. The molecule has 2 N–H and O–H groups in total. The van der Waals surface area contributed by atoms with Crippen LogP contribution in [0, 0.1) is 0 Å². The Labute approximate surface area is 128 Å². The van der Waals surface area contributed by atoms with Crippen molar-refractivity contribution in [3.8, 4) is 0 Å². The number of pyridine rings is 1. The zero-order valence-electron chi connectivity index (χ0n) is 11.7. The summed E-state index contributed by atoms with van der Waals surface area (Å²) in [6, 6.07) is 7.74. The molecule has 21 heavy (non-hydrogen) atoms. The summed E-state index contributed by atoms with van der Waals surface area (Å²) in [5, 5.41) is 3.87. The molecule has 0 fully saturated rings. The minimum Gasteiger partial charge on any atom is -0.351 e. The third-order valence-corrected chi connectivity index (χ3v) is 3.30. The number of unbranched alkanes of at least 4 members (excludes halogenated alkanes) is 1. The van der Waals surface area contributed by atoms with Crippen LogP contribution in [0.1, 0.15) is 30.3 Å². The fourth-order valence-electron chi connectivity index (χ4n) is 2.26. The number of benzene rings is 1. The average molecular weight is 305 g/mol. The van der Waals surface area contributed by atoms with Gasteiger partial charge in [0.15, 0.2) is 5.69 Å². The van der Waals surface area contributed by atoms with Crippen LogP contribution in [-0.4, -0.2) is 27.4 Å². The molecule has 0 spiro atoms. The van der Waals surface area contributed by atoms with Gasteiger partial charge in [0.05, 0.1) is 17.4 Å². The van der Waals surface area contributed by atoms with E-state index in [0.717, 1.165) is 29.3 Å². The second-order valence-corrected chi connectivity index (χ2v) is 4.71. The molecule has 0 unspecified atom stereocenters. The molecule has 0 saturated carbocycles. The number of nitrogens with one attached hydrogen (secondary N) is 2. The third-order valence-electron chi connectivity index (χ3n) is 3.30. The van der Waals surface area contributed by atoms with E-state index in [-0.39, 0.29) is 18.3 Å². The summed E-state index contributed by atoms with van der Waals surface area (Å²) in [6.07, 6.45) is 3.61. The van der Waals surface area contributed by atoms with Crippen LogP contribution >= 0.6 is 12.4 Å². The number of rotatable bonds is 4. The highest BCUT2D eigenvalue weighted by Gasteiger charge is 2.16. The van der Waals surface area contributed by atoms with Gasteiger partial charge in [-0.1, -0.05) is 31.5 Å². The molecular formula is C15H17ClN4O. The number of aromatic amines is 1. The molecule has 1 aromatic carbocycles. The largest absolute Gasteiger partial charge is 0.351 e. The highest BCUT2D eigenvalue weighted by atomic mass is 35.5. The first kappa shape index (κ1) is 15.3. The smallest absolute Gasteiger partial charge is 0.272 e. The number of halogens is 1. The molecule has 5 nitrogen and oxygen atoms in total. The van der Waals surface area contributed by atoms with E-state index in [4.69, 9.17) is 0 Å². The lowest BCUT2D eigenvalue weighted by atomic mass is 10.1. The van der Waals surface area contributed by atoms with Gasteiger partial charge in [-0.05, 0) is 12.5 Å². The molecule has 0 radical (unpaired) electrons. The van der Waals surface area contributed by atoms with Crippen molar-refractivity contribution >= 4 is 40.3 Å². The number of carbonyl (C=O) groups is 1. The predicted octanol–water partition coefficient (Wildman–Crippen LogP) is 3.06. The van der Waals surface area contributed by atoms with Crippen molar-refractivity contribution < 1.29 is 4.79 Å². The molecular weight excluding hydrogens is 288 g/mol. The monoisotopic (exact) mass is 304 g/mol. The Balaban J connectivity index is 0.00000161. The zero-order valence-corrected chi connectivity index (χ0v) is 12.5. The van der Waals surface area contributed by atoms with E-state index in [1.165, 1.54) is 0 Å². The Kier molecular flexibility index (Phi) is 4.75. The van der Waals surface area contributed by atoms with Gasteiger partial charge in [-0.2, -0.15) is 0 Å². The van der Waals surface area contributed by atoms with E-state index in [1.807, 2.05) is 24.3 Å². The molecule has 0 aliphatic heterocycles. The number of carbonyl (C=O) groups excluding carboxylic acids is 1. The molecule has 0 saturated heterocycles. The van der Waals surface area contributed by atoms with E-state index in [1.54, 1.807) is 6.33 Å². The van der Waals surface area contributed by atoms with Crippen molar-refractivity contribution in [1.29, 1.82) is 0 Å². The maximum Gasteiger partial charge on any atom is 0.272 e. The second-order valence-electron chi connectivity index (χ2n) is 4.71. The summed E-state index contributed by atoms with van der Waals surface area (Å²) in [7, 11) is 0. The van der Waals surface area contributed by atoms with Gasteiger partial charge in [0.1, 0.15) is 5.52 Å². The number of amides is 1. The standard InChI is InChI=1S/C15H16N4O.ClH/c1-2-3-8-16-15(20)14-13-12(17-9-18-13)10-6-4-5-7-11(10)19-14;/h4-7,9H,2-3,8H2,1H3,(H,16,20)(H,17,18);1H. The lowest BCUT2D eigenvalue weighted by Crippen LogP contribution is -2.25. The van der Waals surface area contributed by atoms with Gasteiger partial charge in [0.25, 0.3) is 5.91 Å². The van der Waals surface area contributed by atoms with Gasteiger partial charge >= 0.3 is 0 Å². The van der Waals surface area contributed by atoms with Gasteiger partial charge in [0.2, 0.25) is 0 Å². The second kappa shape index (κ2) is 6.54. The molecule has 6 heteroatoms. The minimum atomic E-state index is -0.165. The molecule has 0 atom stereocenters. The van der Waals surface area contributed by atoms with Gasteiger partial charge in [-0.25, -0.2) is 9.97 Å². The van der Waals surface area contributed by atoms with Crippen LogP contribution in [0.3, 0.4) is 0 Å². The first-order chi connectivity index (χ1) is 9.81. The third kappa shape index (κ3) is 2.83. The topological polar surface area (TPSA) is 70.7 Å². The van der Waals surface area contributed by atoms with Crippen molar-refractivity contribution in [2.24, 2.45) is 0 Å². The van der Waals surface area contributed by atoms with Crippen molar-refractivity contribution in [2.75, 3.05) is 6.54 Å². The van der Waals surface area contributed by atoms with E-state index >= 15 is 0 Å².